The summed E-state index contributed by atoms with van der Waals surface area (Å²) in [7, 11) is 0. The number of amides is 2. The molecule has 1 aliphatic heterocycles. The summed E-state index contributed by atoms with van der Waals surface area (Å²) in [6, 6.07) is 10.8. The number of Topliss-reactive ketones (excluding diaryl/α,β-unsaturated/α-hetero) is 1. The first-order valence-corrected chi connectivity index (χ1v) is 8.53. The van der Waals surface area contributed by atoms with Crippen LogP contribution >= 0.6 is 0 Å². The molecule has 0 unspecified atom stereocenters. The third-order valence-electron chi connectivity index (χ3n) is 4.58. The Morgan fingerprint density at radius 2 is 1.85 bits per heavy atom. The van der Waals surface area contributed by atoms with Gasteiger partial charge in [-0.25, -0.2) is 4.39 Å². The molecule has 2 aromatic rings. The second-order valence-corrected chi connectivity index (χ2v) is 6.52. The van der Waals surface area contributed by atoms with Crippen molar-refractivity contribution in [3.05, 3.63) is 76.7 Å². The van der Waals surface area contributed by atoms with E-state index >= 15 is 0 Å². The molecule has 138 valence electrons. The molecule has 5 nitrogen and oxygen atoms in total. The Labute approximate surface area is 156 Å². The number of hydrogen-bond acceptors (Lipinski definition) is 3. The first-order valence-electron chi connectivity index (χ1n) is 8.53. The number of carbonyl (C=O) groups is 3. The van der Waals surface area contributed by atoms with E-state index in [-0.39, 0.29) is 29.8 Å². The maximum atomic E-state index is 13.2. The maximum absolute atomic E-state index is 13.2. The SMILES string of the molecule is CC(=O)c1ccc(C)c(NC(=O)C2=CNC(=O)C[C@H]2c2ccc(F)cc2)c1. The number of benzene rings is 2. The molecule has 2 N–H and O–H groups in total. The molecule has 1 heterocycles. The van der Waals surface area contributed by atoms with Gasteiger partial charge in [0.1, 0.15) is 5.82 Å². The van der Waals surface area contributed by atoms with Gasteiger partial charge >= 0.3 is 0 Å². The zero-order valence-corrected chi connectivity index (χ0v) is 15.0. The van der Waals surface area contributed by atoms with Crippen LogP contribution in [0.1, 0.15) is 40.7 Å². The van der Waals surface area contributed by atoms with Crippen LogP contribution in [0, 0.1) is 12.7 Å². The lowest BCUT2D eigenvalue weighted by Crippen LogP contribution is -2.32. The summed E-state index contributed by atoms with van der Waals surface area (Å²) in [5.74, 6) is -1.55. The van der Waals surface area contributed by atoms with Crippen molar-refractivity contribution in [2.75, 3.05) is 5.32 Å². The number of ketones is 1. The Morgan fingerprint density at radius 1 is 1.15 bits per heavy atom. The predicted octanol–water partition coefficient (Wildman–Crippen LogP) is 3.46. The van der Waals surface area contributed by atoms with E-state index < -0.39 is 5.92 Å². The average Bonchev–Trinajstić information content (AvgIpc) is 2.63. The van der Waals surface area contributed by atoms with E-state index in [0.29, 0.717) is 22.4 Å². The van der Waals surface area contributed by atoms with E-state index in [0.717, 1.165) is 5.56 Å². The minimum Gasteiger partial charge on any atom is -0.332 e. The Bertz CT molecular complexity index is 948. The lowest BCUT2D eigenvalue weighted by atomic mass is 9.86. The highest BCUT2D eigenvalue weighted by Crippen LogP contribution is 2.31. The van der Waals surface area contributed by atoms with Gasteiger partial charge in [-0.15, -0.1) is 0 Å². The van der Waals surface area contributed by atoms with Crippen LogP contribution in [0.4, 0.5) is 10.1 Å². The number of carbonyl (C=O) groups excluding carboxylic acids is 3. The fourth-order valence-corrected chi connectivity index (χ4v) is 3.00. The fourth-order valence-electron chi connectivity index (χ4n) is 3.00. The number of aryl methyl sites for hydroxylation is 1. The molecule has 0 aliphatic carbocycles. The van der Waals surface area contributed by atoms with Gasteiger partial charge in [0.25, 0.3) is 5.91 Å². The number of hydrogen-bond donors (Lipinski definition) is 2. The van der Waals surface area contributed by atoms with Crippen LogP contribution in [-0.4, -0.2) is 17.6 Å². The molecule has 0 spiro atoms. The second kappa shape index (κ2) is 7.53. The smallest absolute Gasteiger partial charge is 0.253 e. The molecule has 0 aromatic heterocycles. The average molecular weight is 366 g/mol. The summed E-state index contributed by atoms with van der Waals surface area (Å²) >= 11 is 0. The summed E-state index contributed by atoms with van der Waals surface area (Å²) < 4.78 is 13.2. The van der Waals surface area contributed by atoms with Gasteiger partial charge in [0.2, 0.25) is 5.91 Å². The summed E-state index contributed by atoms with van der Waals surface area (Å²) in [6.45, 7) is 3.29. The van der Waals surface area contributed by atoms with Gasteiger partial charge in [0.05, 0.1) is 0 Å². The lowest BCUT2D eigenvalue weighted by Gasteiger charge is -2.24. The highest BCUT2D eigenvalue weighted by molar-refractivity contribution is 6.07. The lowest BCUT2D eigenvalue weighted by molar-refractivity contribution is -0.121. The van der Waals surface area contributed by atoms with Crippen LogP contribution in [0.15, 0.2) is 54.2 Å². The van der Waals surface area contributed by atoms with Crippen molar-refractivity contribution >= 4 is 23.3 Å². The molecule has 0 radical (unpaired) electrons. The van der Waals surface area contributed by atoms with Gasteiger partial charge in [-0.2, -0.15) is 0 Å². The van der Waals surface area contributed by atoms with Gasteiger partial charge in [0, 0.05) is 35.4 Å². The summed E-state index contributed by atoms with van der Waals surface area (Å²) in [5, 5.41) is 5.38. The van der Waals surface area contributed by atoms with E-state index in [2.05, 4.69) is 10.6 Å². The molecule has 27 heavy (non-hydrogen) atoms. The molecule has 1 atom stereocenters. The normalized spacial score (nSPS) is 16.3. The standard InChI is InChI=1S/C21H19FN2O3/c1-12-3-4-15(13(2)25)9-19(12)24-21(27)18-11-23-20(26)10-17(18)14-5-7-16(22)8-6-14/h3-9,11,17H,10H2,1-2H3,(H,23,26)(H,24,27)/t17-/m0/s1. The number of anilines is 1. The summed E-state index contributed by atoms with van der Waals surface area (Å²) in [5.41, 5.74) is 2.89. The molecule has 1 aliphatic rings. The monoisotopic (exact) mass is 366 g/mol. The molecular weight excluding hydrogens is 347 g/mol. The van der Waals surface area contributed by atoms with E-state index in [4.69, 9.17) is 0 Å². The van der Waals surface area contributed by atoms with Crippen molar-refractivity contribution in [3.63, 3.8) is 0 Å². The van der Waals surface area contributed by atoms with Crippen LogP contribution in [0.25, 0.3) is 0 Å². The van der Waals surface area contributed by atoms with Gasteiger partial charge in [-0.3, -0.25) is 14.4 Å². The molecular formula is C21H19FN2O3. The molecule has 0 saturated heterocycles. The van der Waals surface area contributed by atoms with Crippen LogP contribution in [0.3, 0.4) is 0 Å². The molecule has 0 fully saturated rings. The summed E-state index contributed by atoms with van der Waals surface area (Å²) in [6.07, 6.45) is 1.48. The van der Waals surface area contributed by atoms with E-state index in [1.807, 2.05) is 6.92 Å². The van der Waals surface area contributed by atoms with Crippen LogP contribution in [-0.2, 0) is 9.59 Å². The minimum absolute atomic E-state index is 0.0946. The van der Waals surface area contributed by atoms with Crippen molar-refractivity contribution < 1.29 is 18.8 Å². The molecule has 3 rings (SSSR count). The number of nitrogens with one attached hydrogen (secondary N) is 2. The summed E-state index contributed by atoms with van der Waals surface area (Å²) in [4.78, 5) is 36.3. The number of halogens is 1. The third-order valence-corrected chi connectivity index (χ3v) is 4.58. The zero-order chi connectivity index (χ0) is 19.6. The van der Waals surface area contributed by atoms with Crippen molar-refractivity contribution in [2.45, 2.75) is 26.2 Å². The van der Waals surface area contributed by atoms with Crippen LogP contribution < -0.4 is 10.6 Å². The Hall–Kier alpha value is -3.28. The minimum atomic E-state index is -0.476. The van der Waals surface area contributed by atoms with E-state index in [1.54, 1.807) is 30.3 Å². The molecule has 2 amide bonds. The molecule has 2 aromatic carbocycles. The van der Waals surface area contributed by atoms with Crippen molar-refractivity contribution in [2.24, 2.45) is 0 Å². The van der Waals surface area contributed by atoms with Gasteiger partial charge in [0.15, 0.2) is 5.78 Å². The predicted molar refractivity (Wildman–Crippen MR) is 99.8 cm³/mol. The van der Waals surface area contributed by atoms with Crippen LogP contribution in [0.2, 0.25) is 0 Å². The Balaban J connectivity index is 1.90. The highest BCUT2D eigenvalue weighted by atomic mass is 19.1. The van der Waals surface area contributed by atoms with Crippen molar-refractivity contribution in [1.29, 1.82) is 0 Å². The fraction of sp³-hybridized carbons (Fsp3) is 0.190. The highest BCUT2D eigenvalue weighted by Gasteiger charge is 2.29. The quantitative estimate of drug-likeness (QED) is 0.814. The molecule has 0 bridgehead atoms. The molecule has 0 saturated carbocycles. The topological polar surface area (TPSA) is 75.3 Å². The van der Waals surface area contributed by atoms with E-state index in [9.17, 15) is 18.8 Å². The first-order chi connectivity index (χ1) is 12.8. The number of rotatable bonds is 4. The van der Waals surface area contributed by atoms with Crippen molar-refractivity contribution in [3.8, 4) is 0 Å². The Kier molecular flexibility index (Phi) is 5.16. The zero-order valence-electron chi connectivity index (χ0n) is 15.0. The van der Waals surface area contributed by atoms with Crippen LogP contribution in [0.5, 0.6) is 0 Å². The van der Waals surface area contributed by atoms with E-state index in [1.165, 1.54) is 25.3 Å². The Morgan fingerprint density at radius 3 is 2.52 bits per heavy atom. The van der Waals surface area contributed by atoms with Crippen molar-refractivity contribution in [1.82, 2.24) is 5.32 Å². The van der Waals surface area contributed by atoms with Gasteiger partial charge in [-0.05, 0) is 43.2 Å². The largest absolute Gasteiger partial charge is 0.332 e. The van der Waals surface area contributed by atoms with Gasteiger partial charge < -0.3 is 10.6 Å². The first kappa shape index (κ1) is 18.5. The third kappa shape index (κ3) is 4.11. The molecule has 6 heteroatoms. The maximum Gasteiger partial charge on any atom is 0.253 e. The second-order valence-electron chi connectivity index (χ2n) is 6.52. The van der Waals surface area contributed by atoms with Gasteiger partial charge in [-0.1, -0.05) is 24.3 Å².